The van der Waals surface area contributed by atoms with Gasteiger partial charge in [0.25, 0.3) is 0 Å². The summed E-state index contributed by atoms with van der Waals surface area (Å²) in [7, 11) is 0. The fraction of sp³-hybridized carbons (Fsp3) is 0.211. The maximum Gasteiger partial charge on any atom is 0.345 e. The summed E-state index contributed by atoms with van der Waals surface area (Å²) >= 11 is 5.99. The summed E-state index contributed by atoms with van der Waals surface area (Å²) in [6.07, 6.45) is 3.73. The number of carbonyl (C=O) groups excluding carboxylic acids is 2. The minimum Gasteiger partial charge on any atom is -0.423 e. The number of ether oxygens (including phenoxy) is 1. The van der Waals surface area contributed by atoms with Crippen LogP contribution >= 0.6 is 11.6 Å². The van der Waals surface area contributed by atoms with Crippen molar-refractivity contribution < 1.29 is 14.3 Å². The molecule has 5 nitrogen and oxygen atoms in total. The third kappa shape index (κ3) is 6.04. The molecule has 130 valence electrons. The van der Waals surface area contributed by atoms with Crippen LogP contribution in [-0.4, -0.2) is 18.1 Å². The van der Waals surface area contributed by atoms with E-state index in [0.29, 0.717) is 28.3 Å². The molecule has 0 heterocycles. The van der Waals surface area contributed by atoms with E-state index in [-0.39, 0.29) is 5.91 Å². The minimum absolute atomic E-state index is 0.126. The summed E-state index contributed by atoms with van der Waals surface area (Å²) in [6, 6.07) is 13.5. The molecule has 0 spiro atoms. The van der Waals surface area contributed by atoms with Gasteiger partial charge in [0.1, 0.15) is 5.75 Å². The quantitative estimate of drug-likeness (QED) is 0.349. The molecular weight excluding hydrogens is 340 g/mol. The van der Waals surface area contributed by atoms with Crippen LogP contribution in [0.3, 0.4) is 0 Å². The number of halogens is 1. The molecular formula is C19H19ClN2O3. The number of hydrogen-bond acceptors (Lipinski definition) is 4. The number of hydrogen-bond donors (Lipinski definition) is 1. The van der Waals surface area contributed by atoms with Crippen molar-refractivity contribution in [1.29, 1.82) is 0 Å². The van der Waals surface area contributed by atoms with Crippen molar-refractivity contribution in [3.63, 3.8) is 0 Å². The third-order valence-electron chi connectivity index (χ3n) is 3.32. The Morgan fingerprint density at radius 2 is 2.00 bits per heavy atom. The van der Waals surface area contributed by atoms with E-state index in [9.17, 15) is 9.59 Å². The summed E-state index contributed by atoms with van der Waals surface area (Å²) < 4.78 is 5.33. The molecule has 0 atom stereocenters. The molecule has 0 aliphatic rings. The van der Waals surface area contributed by atoms with E-state index in [1.165, 1.54) is 6.21 Å². The first-order valence-electron chi connectivity index (χ1n) is 7.99. The Labute approximate surface area is 151 Å². The SMILES string of the molecule is CCCCC(=O)NN=Cc1cccc(OC(=O)c2ccccc2Cl)c1. The molecule has 1 N–H and O–H groups in total. The fourth-order valence-electron chi connectivity index (χ4n) is 2.02. The van der Waals surface area contributed by atoms with E-state index in [2.05, 4.69) is 10.5 Å². The van der Waals surface area contributed by atoms with Crippen LogP contribution in [0.25, 0.3) is 0 Å². The number of unbranched alkanes of at least 4 members (excludes halogenated alkanes) is 1. The number of hydrazone groups is 1. The maximum atomic E-state index is 12.2. The average Bonchev–Trinajstić information content (AvgIpc) is 2.60. The Balaban J connectivity index is 1.98. The maximum absolute atomic E-state index is 12.2. The van der Waals surface area contributed by atoms with Crippen LogP contribution in [0.4, 0.5) is 0 Å². The van der Waals surface area contributed by atoms with Gasteiger partial charge in [-0.25, -0.2) is 10.2 Å². The van der Waals surface area contributed by atoms with Gasteiger partial charge in [-0.15, -0.1) is 0 Å². The Morgan fingerprint density at radius 1 is 1.20 bits per heavy atom. The predicted molar refractivity (Wildman–Crippen MR) is 98.1 cm³/mol. The summed E-state index contributed by atoms with van der Waals surface area (Å²) in [5, 5.41) is 4.23. The third-order valence-corrected chi connectivity index (χ3v) is 3.65. The standard InChI is InChI=1S/C19H19ClN2O3/c1-2-3-11-18(23)22-21-13-14-7-6-8-15(12-14)25-19(24)16-9-4-5-10-17(16)20/h4-10,12-13H,2-3,11H2,1H3,(H,22,23). The zero-order valence-electron chi connectivity index (χ0n) is 13.9. The summed E-state index contributed by atoms with van der Waals surface area (Å²) in [5.41, 5.74) is 3.46. The van der Waals surface area contributed by atoms with Gasteiger partial charge in [0.2, 0.25) is 5.91 Å². The second-order valence-electron chi connectivity index (χ2n) is 5.34. The van der Waals surface area contributed by atoms with Gasteiger partial charge >= 0.3 is 5.97 Å². The van der Waals surface area contributed by atoms with Crippen molar-refractivity contribution in [3.05, 3.63) is 64.7 Å². The van der Waals surface area contributed by atoms with Gasteiger partial charge in [-0.05, 0) is 36.2 Å². The monoisotopic (exact) mass is 358 g/mol. The molecule has 6 heteroatoms. The molecule has 0 aliphatic heterocycles. The Bertz CT molecular complexity index is 775. The molecule has 2 aromatic rings. The molecule has 1 amide bonds. The minimum atomic E-state index is -0.535. The number of nitrogens with one attached hydrogen (secondary N) is 1. The van der Waals surface area contributed by atoms with E-state index >= 15 is 0 Å². The largest absolute Gasteiger partial charge is 0.423 e. The molecule has 0 unspecified atom stereocenters. The van der Waals surface area contributed by atoms with E-state index in [1.807, 2.05) is 6.92 Å². The van der Waals surface area contributed by atoms with Gasteiger partial charge < -0.3 is 4.74 Å². The first-order chi connectivity index (χ1) is 12.1. The van der Waals surface area contributed by atoms with E-state index in [4.69, 9.17) is 16.3 Å². The van der Waals surface area contributed by atoms with Crippen LogP contribution in [-0.2, 0) is 4.79 Å². The lowest BCUT2D eigenvalue weighted by molar-refractivity contribution is -0.121. The highest BCUT2D eigenvalue weighted by atomic mass is 35.5. The van der Waals surface area contributed by atoms with Gasteiger partial charge in [-0.2, -0.15) is 5.10 Å². The number of amides is 1. The molecule has 2 rings (SSSR count). The number of nitrogens with zero attached hydrogens (tertiary/aromatic N) is 1. The van der Waals surface area contributed by atoms with Crippen molar-refractivity contribution in [2.45, 2.75) is 26.2 Å². The Morgan fingerprint density at radius 3 is 2.76 bits per heavy atom. The molecule has 25 heavy (non-hydrogen) atoms. The van der Waals surface area contributed by atoms with Gasteiger partial charge in [-0.3, -0.25) is 4.79 Å². The molecule has 2 aromatic carbocycles. The summed E-state index contributed by atoms with van der Waals surface area (Å²) in [5.74, 6) is -0.293. The lowest BCUT2D eigenvalue weighted by Gasteiger charge is -2.06. The second-order valence-corrected chi connectivity index (χ2v) is 5.75. The summed E-state index contributed by atoms with van der Waals surface area (Å²) in [6.45, 7) is 2.02. The average molecular weight is 359 g/mol. The van der Waals surface area contributed by atoms with Gasteiger partial charge in [0, 0.05) is 6.42 Å². The number of esters is 1. The van der Waals surface area contributed by atoms with E-state index in [1.54, 1.807) is 48.5 Å². The molecule has 0 bridgehead atoms. The Hall–Kier alpha value is -2.66. The van der Waals surface area contributed by atoms with Crippen molar-refractivity contribution in [1.82, 2.24) is 5.43 Å². The van der Waals surface area contributed by atoms with Crippen LogP contribution in [0.5, 0.6) is 5.75 Å². The molecule has 0 radical (unpaired) electrons. The fourth-order valence-corrected chi connectivity index (χ4v) is 2.23. The highest BCUT2D eigenvalue weighted by molar-refractivity contribution is 6.33. The first-order valence-corrected chi connectivity index (χ1v) is 8.36. The molecule has 0 saturated heterocycles. The summed E-state index contributed by atoms with van der Waals surface area (Å²) in [4.78, 5) is 23.6. The van der Waals surface area contributed by atoms with E-state index in [0.717, 1.165) is 12.8 Å². The van der Waals surface area contributed by atoms with Crippen LogP contribution < -0.4 is 10.2 Å². The Kier molecular flexibility index (Phi) is 7.16. The van der Waals surface area contributed by atoms with Crippen LogP contribution in [0, 0.1) is 0 Å². The highest BCUT2D eigenvalue weighted by Crippen LogP contribution is 2.19. The first kappa shape index (κ1) is 18.7. The van der Waals surface area contributed by atoms with Crippen LogP contribution in [0.15, 0.2) is 53.6 Å². The number of carbonyl (C=O) groups is 2. The molecule has 0 fully saturated rings. The smallest absolute Gasteiger partial charge is 0.345 e. The van der Waals surface area contributed by atoms with Gasteiger partial charge in [0.15, 0.2) is 0 Å². The molecule has 0 aliphatic carbocycles. The normalized spacial score (nSPS) is 10.6. The van der Waals surface area contributed by atoms with Crippen LogP contribution in [0.1, 0.15) is 42.1 Å². The van der Waals surface area contributed by atoms with Crippen molar-refractivity contribution in [3.8, 4) is 5.75 Å². The zero-order chi connectivity index (χ0) is 18.1. The lowest BCUT2D eigenvalue weighted by Crippen LogP contribution is -2.16. The second kappa shape index (κ2) is 9.59. The van der Waals surface area contributed by atoms with Crippen molar-refractivity contribution in [2.75, 3.05) is 0 Å². The number of rotatable bonds is 7. The lowest BCUT2D eigenvalue weighted by atomic mass is 10.2. The van der Waals surface area contributed by atoms with Crippen LogP contribution in [0.2, 0.25) is 5.02 Å². The topological polar surface area (TPSA) is 67.8 Å². The van der Waals surface area contributed by atoms with E-state index < -0.39 is 5.97 Å². The van der Waals surface area contributed by atoms with Gasteiger partial charge in [-0.1, -0.05) is 49.2 Å². The van der Waals surface area contributed by atoms with Gasteiger partial charge in [0.05, 0.1) is 16.8 Å². The highest BCUT2D eigenvalue weighted by Gasteiger charge is 2.12. The molecule has 0 aromatic heterocycles. The van der Waals surface area contributed by atoms with Crippen molar-refractivity contribution >= 4 is 29.7 Å². The zero-order valence-corrected chi connectivity index (χ0v) is 14.6. The molecule has 0 saturated carbocycles. The predicted octanol–water partition coefficient (Wildman–Crippen LogP) is 4.20. The number of benzene rings is 2. The van der Waals surface area contributed by atoms with Crippen molar-refractivity contribution in [2.24, 2.45) is 5.10 Å².